The topological polar surface area (TPSA) is 96.0 Å². The number of ether oxygens (including phenoxy) is 1. The number of hydrogen-bond donors (Lipinski definition) is 1. The van der Waals surface area contributed by atoms with Crippen LogP contribution in [0.2, 0.25) is 5.02 Å². The first-order valence-electron chi connectivity index (χ1n) is 15.4. The van der Waals surface area contributed by atoms with Crippen LogP contribution in [0.15, 0.2) is 108 Å². The van der Waals surface area contributed by atoms with Crippen molar-refractivity contribution in [2.24, 2.45) is 0 Å². The van der Waals surface area contributed by atoms with Crippen LogP contribution >= 0.6 is 11.6 Å². The Morgan fingerprint density at radius 1 is 0.915 bits per heavy atom. The van der Waals surface area contributed by atoms with Gasteiger partial charge in [-0.25, -0.2) is 12.8 Å². The number of methoxy groups -OCH3 is 1. The molecule has 0 heterocycles. The van der Waals surface area contributed by atoms with Crippen LogP contribution < -0.4 is 14.4 Å². The standard InChI is InChI=1S/C36H37ClFN3O5S/c1-46-32-18-20-33(21-19-32)47(44,45)41(31-13-7-10-28(37)23-31)25-35(42)40(24-27-14-16-29(38)17-15-27)34(22-26-8-3-2-4-9-26)36(43)39-30-11-5-6-12-30/h2-4,7-10,13-21,23,30,34H,5-6,11-12,22,24-25H2,1H3,(H,39,43)/t34-/m1/s1. The van der Waals surface area contributed by atoms with Gasteiger partial charge in [-0.3, -0.25) is 13.9 Å². The molecule has 5 rings (SSSR count). The Hall–Kier alpha value is -4.41. The summed E-state index contributed by atoms with van der Waals surface area (Å²) >= 11 is 6.29. The highest BCUT2D eigenvalue weighted by atomic mass is 35.5. The summed E-state index contributed by atoms with van der Waals surface area (Å²) in [5.41, 5.74) is 1.59. The van der Waals surface area contributed by atoms with Gasteiger partial charge in [-0.2, -0.15) is 0 Å². The molecule has 1 aliphatic rings. The first-order chi connectivity index (χ1) is 22.6. The molecule has 1 fully saturated rings. The third kappa shape index (κ3) is 8.69. The Balaban J connectivity index is 1.56. The summed E-state index contributed by atoms with van der Waals surface area (Å²) in [6, 6.07) is 26.1. The number of amides is 2. The van der Waals surface area contributed by atoms with E-state index in [0.29, 0.717) is 11.3 Å². The molecule has 11 heteroatoms. The van der Waals surface area contributed by atoms with Gasteiger partial charge in [-0.1, -0.05) is 73.0 Å². The first kappa shape index (κ1) is 33.9. The lowest BCUT2D eigenvalue weighted by molar-refractivity contribution is -0.140. The van der Waals surface area contributed by atoms with Crippen molar-refractivity contribution < 1.29 is 27.1 Å². The van der Waals surface area contributed by atoms with Crippen LogP contribution in [0.3, 0.4) is 0 Å². The lowest BCUT2D eigenvalue weighted by atomic mass is 10.0. The molecule has 0 bridgehead atoms. The van der Waals surface area contributed by atoms with E-state index in [4.69, 9.17) is 16.3 Å². The van der Waals surface area contributed by atoms with Gasteiger partial charge in [0.05, 0.1) is 17.7 Å². The van der Waals surface area contributed by atoms with E-state index in [1.165, 1.54) is 54.5 Å². The fourth-order valence-corrected chi connectivity index (χ4v) is 7.33. The van der Waals surface area contributed by atoms with Gasteiger partial charge >= 0.3 is 0 Å². The lowest BCUT2D eigenvalue weighted by Gasteiger charge is -2.34. The SMILES string of the molecule is COc1ccc(S(=O)(=O)N(CC(=O)N(Cc2ccc(F)cc2)[C@H](Cc2ccccc2)C(=O)NC2CCCC2)c2cccc(Cl)c2)cc1. The zero-order chi connectivity index (χ0) is 33.4. The lowest BCUT2D eigenvalue weighted by Crippen LogP contribution is -2.54. The molecule has 1 saturated carbocycles. The van der Waals surface area contributed by atoms with Crippen LogP contribution in [-0.4, -0.2) is 50.9 Å². The number of carbonyl (C=O) groups excluding carboxylic acids is 2. The monoisotopic (exact) mass is 677 g/mol. The van der Waals surface area contributed by atoms with Gasteiger partial charge in [-0.15, -0.1) is 0 Å². The quantitative estimate of drug-likeness (QED) is 0.177. The average Bonchev–Trinajstić information content (AvgIpc) is 3.59. The van der Waals surface area contributed by atoms with Crippen molar-refractivity contribution in [3.8, 4) is 5.75 Å². The number of nitrogens with zero attached hydrogens (tertiary/aromatic N) is 2. The zero-order valence-corrected chi connectivity index (χ0v) is 27.6. The summed E-state index contributed by atoms with van der Waals surface area (Å²) in [5.74, 6) is -0.918. The van der Waals surface area contributed by atoms with Crippen molar-refractivity contribution in [1.82, 2.24) is 10.2 Å². The van der Waals surface area contributed by atoms with Gasteiger partial charge in [0.2, 0.25) is 11.8 Å². The molecule has 0 saturated heterocycles. The number of hydrogen-bond acceptors (Lipinski definition) is 5. The summed E-state index contributed by atoms with van der Waals surface area (Å²) in [6.45, 7) is -0.682. The van der Waals surface area contributed by atoms with Crippen molar-refractivity contribution in [3.05, 3.63) is 125 Å². The molecule has 2 amide bonds. The minimum Gasteiger partial charge on any atom is -0.497 e. The summed E-state index contributed by atoms with van der Waals surface area (Å²) in [6.07, 6.45) is 3.89. The molecule has 0 aliphatic heterocycles. The van der Waals surface area contributed by atoms with Crippen LogP contribution in [0, 0.1) is 5.82 Å². The maximum absolute atomic E-state index is 14.5. The Morgan fingerprint density at radius 3 is 2.23 bits per heavy atom. The highest BCUT2D eigenvalue weighted by Crippen LogP contribution is 2.28. The fourth-order valence-electron chi connectivity index (χ4n) is 5.74. The summed E-state index contributed by atoms with van der Waals surface area (Å²) in [4.78, 5) is 29.9. The second kappa shape index (κ2) is 15.5. The van der Waals surface area contributed by atoms with Gasteiger partial charge in [0.15, 0.2) is 0 Å². The Bertz CT molecular complexity index is 1770. The zero-order valence-electron chi connectivity index (χ0n) is 26.0. The maximum atomic E-state index is 14.5. The molecule has 8 nitrogen and oxygen atoms in total. The number of carbonyl (C=O) groups is 2. The highest BCUT2D eigenvalue weighted by molar-refractivity contribution is 7.92. The van der Waals surface area contributed by atoms with Gasteiger partial charge in [0, 0.05) is 24.0 Å². The summed E-state index contributed by atoms with van der Waals surface area (Å²) in [5, 5.41) is 3.42. The molecule has 0 spiro atoms. The minimum atomic E-state index is -4.30. The van der Waals surface area contributed by atoms with Crippen molar-refractivity contribution in [1.29, 1.82) is 0 Å². The van der Waals surface area contributed by atoms with Crippen LogP contribution in [0.1, 0.15) is 36.8 Å². The second-order valence-electron chi connectivity index (χ2n) is 11.5. The van der Waals surface area contributed by atoms with Crippen LogP contribution in [0.5, 0.6) is 5.75 Å². The number of anilines is 1. The van der Waals surface area contributed by atoms with Crippen molar-refractivity contribution in [2.45, 2.75) is 55.6 Å². The third-order valence-corrected chi connectivity index (χ3v) is 10.3. The number of benzene rings is 4. The van der Waals surface area contributed by atoms with E-state index < -0.39 is 34.3 Å². The Morgan fingerprint density at radius 2 is 1.60 bits per heavy atom. The molecule has 0 unspecified atom stereocenters. The maximum Gasteiger partial charge on any atom is 0.264 e. The van der Waals surface area contributed by atoms with E-state index in [0.717, 1.165) is 35.6 Å². The predicted molar refractivity (Wildman–Crippen MR) is 180 cm³/mol. The van der Waals surface area contributed by atoms with Crippen molar-refractivity contribution in [3.63, 3.8) is 0 Å². The van der Waals surface area contributed by atoms with Gasteiger partial charge in [0.1, 0.15) is 24.2 Å². The molecular weight excluding hydrogens is 641 g/mol. The van der Waals surface area contributed by atoms with E-state index in [-0.39, 0.29) is 40.5 Å². The van der Waals surface area contributed by atoms with E-state index in [1.54, 1.807) is 30.3 Å². The summed E-state index contributed by atoms with van der Waals surface area (Å²) in [7, 11) is -2.83. The van der Waals surface area contributed by atoms with E-state index in [1.807, 2.05) is 30.3 Å². The Kier molecular flexibility index (Phi) is 11.2. The van der Waals surface area contributed by atoms with E-state index in [2.05, 4.69) is 5.32 Å². The van der Waals surface area contributed by atoms with E-state index in [9.17, 15) is 22.4 Å². The molecule has 1 aliphatic carbocycles. The third-order valence-electron chi connectivity index (χ3n) is 8.26. The second-order valence-corrected chi connectivity index (χ2v) is 13.8. The van der Waals surface area contributed by atoms with Crippen LogP contribution in [0.25, 0.3) is 0 Å². The number of halogens is 2. The molecule has 1 atom stereocenters. The largest absolute Gasteiger partial charge is 0.497 e. The molecule has 1 N–H and O–H groups in total. The molecule has 0 radical (unpaired) electrons. The number of sulfonamides is 1. The normalized spacial score (nSPS) is 13.9. The first-order valence-corrected chi connectivity index (χ1v) is 17.3. The Labute approximate surface area is 280 Å². The fraction of sp³-hybridized carbons (Fsp3) is 0.278. The van der Waals surface area contributed by atoms with Crippen LogP contribution in [-0.2, 0) is 32.6 Å². The molecular formula is C36H37ClFN3O5S. The van der Waals surface area contributed by atoms with Crippen molar-refractivity contribution >= 4 is 39.1 Å². The molecule has 4 aromatic carbocycles. The highest BCUT2D eigenvalue weighted by Gasteiger charge is 2.35. The van der Waals surface area contributed by atoms with Crippen LogP contribution in [0.4, 0.5) is 10.1 Å². The molecule has 246 valence electrons. The number of nitrogens with one attached hydrogen (secondary N) is 1. The molecule has 47 heavy (non-hydrogen) atoms. The van der Waals surface area contributed by atoms with Gasteiger partial charge < -0.3 is 15.0 Å². The molecule has 0 aromatic heterocycles. The summed E-state index contributed by atoms with van der Waals surface area (Å²) < 4.78 is 48.4. The minimum absolute atomic E-state index is 0.0121. The molecule has 4 aromatic rings. The average molecular weight is 678 g/mol. The predicted octanol–water partition coefficient (Wildman–Crippen LogP) is 6.38. The van der Waals surface area contributed by atoms with E-state index >= 15 is 0 Å². The number of rotatable bonds is 13. The smallest absolute Gasteiger partial charge is 0.264 e. The van der Waals surface area contributed by atoms with Gasteiger partial charge in [0.25, 0.3) is 10.0 Å². The van der Waals surface area contributed by atoms with Crippen molar-refractivity contribution in [2.75, 3.05) is 18.0 Å². The van der Waals surface area contributed by atoms with Gasteiger partial charge in [-0.05, 0) is 78.6 Å².